The van der Waals surface area contributed by atoms with Gasteiger partial charge in [0.2, 0.25) is 0 Å². The molecule has 1 aliphatic heterocycles. The van der Waals surface area contributed by atoms with E-state index in [-0.39, 0.29) is 0 Å². The molecule has 0 bridgehead atoms. The molecule has 2 heterocycles. The topological polar surface area (TPSA) is 56.3 Å². The van der Waals surface area contributed by atoms with E-state index in [1.165, 1.54) is 25.7 Å². The highest BCUT2D eigenvalue weighted by Gasteiger charge is 2.16. The van der Waals surface area contributed by atoms with Gasteiger partial charge in [-0.15, -0.1) is 0 Å². The summed E-state index contributed by atoms with van der Waals surface area (Å²) < 4.78 is 0. The molecule has 3 rings (SSSR count). The normalized spacial score (nSPS) is 17.2. The van der Waals surface area contributed by atoms with Gasteiger partial charge in [-0.3, -0.25) is 4.90 Å². The molecule has 0 unspecified atom stereocenters. The minimum absolute atomic E-state index is 0.397. The van der Waals surface area contributed by atoms with Gasteiger partial charge in [0.1, 0.15) is 0 Å². The van der Waals surface area contributed by atoms with Crippen molar-refractivity contribution < 1.29 is 9.90 Å². The molecule has 1 aromatic heterocycles. The largest absolute Gasteiger partial charge is 0.478 e. The highest BCUT2D eigenvalue weighted by molar-refractivity contribution is 6.04. The molecule has 0 saturated carbocycles. The van der Waals surface area contributed by atoms with Crippen molar-refractivity contribution in [3.63, 3.8) is 0 Å². The Bertz CT molecular complexity index is 610. The number of likely N-dealkylation sites (tertiary alicyclic amines) is 1. The lowest BCUT2D eigenvalue weighted by Crippen LogP contribution is -2.23. The van der Waals surface area contributed by atoms with E-state index in [1.807, 2.05) is 12.3 Å². The monoisotopic (exact) mass is 272 g/mol. The fourth-order valence-electron chi connectivity index (χ4n) is 3.09. The number of nitrogens with one attached hydrogen (secondary N) is 1. The SMILES string of the molecule is O=C(O)c1cccc2[nH]cc(CN3CCCCCC3)c12. The summed E-state index contributed by atoms with van der Waals surface area (Å²) in [6, 6.07) is 5.41. The number of aromatic amines is 1. The van der Waals surface area contributed by atoms with Gasteiger partial charge in [0.15, 0.2) is 0 Å². The summed E-state index contributed by atoms with van der Waals surface area (Å²) in [4.78, 5) is 17.0. The van der Waals surface area contributed by atoms with Crippen molar-refractivity contribution in [2.45, 2.75) is 32.2 Å². The lowest BCUT2D eigenvalue weighted by Gasteiger charge is -2.19. The second kappa shape index (κ2) is 5.67. The van der Waals surface area contributed by atoms with Crippen LogP contribution in [0.3, 0.4) is 0 Å². The molecule has 1 saturated heterocycles. The molecule has 0 aliphatic carbocycles. The molecule has 2 N–H and O–H groups in total. The van der Waals surface area contributed by atoms with Crippen molar-refractivity contribution in [2.75, 3.05) is 13.1 Å². The summed E-state index contributed by atoms with van der Waals surface area (Å²) in [5.41, 5.74) is 2.41. The Balaban J connectivity index is 1.93. The molecule has 0 amide bonds. The first-order chi connectivity index (χ1) is 9.75. The highest BCUT2D eigenvalue weighted by Crippen LogP contribution is 2.25. The van der Waals surface area contributed by atoms with Crippen LogP contribution in [0.15, 0.2) is 24.4 Å². The fourth-order valence-corrected chi connectivity index (χ4v) is 3.09. The third kappa shape index (κ3) is 2.56. The van der Waals surface area contributed by atoms with Crippen LogP contribution in [0.4, 0.5) is 0 Å². The van der Waals surface area contributed by atoms with Gasteiger partial charge in [0, 0.05) is 23.6 Å². The van der Waals surface area contributed by atoms with E-state index >= 15 is 0 Å². The first-order valence-electron chi connectivity index (χ1n) is 7.30. The molecule has 2 aromatic rings. The number of benzene rings is 1. The number of carbonyl (C=O) groups is 1. The molecule has 4 heteroatoms. The standard InChI is InChI=1S/C16H20N2O2/c19-16(20)13-6-5-7-14-15(13)12(10-17-14)11-18-8-3-1-2-4-9-18/h5-7,10,17H,1-4,8-9,11H2,(H,19,20). The Morgan fingerprint density at radius 3 is 2.65 bits per heavy atom. The maximum Gasteiger partial charge on any atom is 0.336 e. The zero-order valence-corrected chi connectivity index (χ0v) is 11.6. The fraction of sp³-hybridized carbons (Fsp3) is 0.438. The van der Waals surface area contributed by atoms with Crippen LogP contribution >= 0.6 is 0 Å². The van der Waals surface area contributed by atoms with E-state index in [2.05, 4.69) is 9.88 Å². The van der Waals surface area contributed by atoms with E-state index in [9.17, 15) is 9.90 Å². The zero-order valence-electron chi connectivity index (χ0n) is 11.6. The van der Waals surface area contributed by atoms with Gasteiger partial charge in [-0.2, -0.15) is 0 Å². The van der Waals surface area contributed by atoms with Crippen molar-refractivity contribution in [3.8, 4) is 0 Å². The maximum atomic E-state index is 11.4. The molecule has 0 atom stereocenters. The lowest BCUT2D eigenvalue weighted by atomic mass is 10.1. The van der Waals surface area contributed by atoms with Crippen molar-refractivity contribution in [3.05, 3.63) is 35.5 Å². The zero-order chi connectivity index (χ0) is 13.9. The molecule has 0 radical (unpaired) electrons. The van der Waals surface area contributed by atoms with E-state index in [4.69, 9.17) is 0 Å². The first-order valence-corrected chi connectivity index (χ1v) is 7.30. The number of rotatable bonds is 3. The smallest absolute Gasteiger partial charge is 0.336 e. The van der Waals surface area contributed by atoms with Crippen molar-refractivity contribution in [1.82, 2.24) is 9.88 Å². The number of hydrogen-bond donors (Lipinski definition) is 2. The van der Waals surface area contributed by atoms with Gasteiger partial charge in [0.25, 0.3) is 0 Å². The lowest BCUT2D eigenvalue weighted by molar-refractivity contribution is 0.0699. The van der Waals surface area contributed by atoms with Crippen molar-refractivity contribution >= 4 is 16.9 Å². The Labute approximate surface area is 118 Å². The molecule has 0 spiro atoms. The predicted octanol–water partition coefficient (Wildman–Crippen LogP) is 3.24. The first kappa shape index (κ1) is 13.2. The van der Waals surface area contributed by atoms with Crippen molar-refractivity contribution in [1.29, 1.82) is 0 Å². The minimum atomic E-state index is -0.854. The second-order valence-corrected chi connectivity index (χ2v) is 5.54. The number of aromatic carboxylic acids is 1. The van der Waals surface area contributed by atoms with Gasteiger partial charge in [-0.1, -0.05) is 18.9 Å². The van der Waals surface area contributed by atoms with Crippen LogP contribution in [0.25, 0.3) is 10.9 Å². The molecule has 1 aromatic carbocycles. The molecule has 106 valence electrons. The quantitative estimate of drug-likeness (QED) is 0.901. The van der Waals surface area contributed by atoms with Crippen LogP contribution in [0.1, 0.15) is 41.6 Å². The average Bonchev–Trinajstić information content (AvgIpc) is 2.68. The van der Waals surface area contributed by atoms with E-state index in [1.54, 1.807) is 12.1 Å². The van der Waals surface area contributed by atoms with Gasteiger partial charge in [-0.25, -0.2) is 4.79 Å². The highest BCUT2D eigenvalue weighted by atomic mass is 16.4. The number of aromatic nitrogens is 1. The third-order valence-corrected chi connectivity index (χ3v) is 4.11. The molecular formula is C16H20N2O2. The van der Waals surface area contributed by atoms with Crippen LogP contribution in [-0.2, 0) is 6.54 Å². The minimum Gasteiger partial charge on any atom is -0.478 e. The van der Waals surface area contributed by atoms with Gasteiger partial charge in [-0.05, 0) is 43.6 Å². The number of nitrogens with zero attached hydrogens (tertiary/aromatic N) is 1. The van der Waals surface area contributed by atoms with Crippen molar-refractivity contribution in [2.24, 2.45) is 0 Å². The number of hydrogen-bond acceptors (Lipinski definition) is 2. The van der Waals surface area contributed by atoms with Crippen LogP contribution in [0.2, 0.25) is 0 Å². The molecule has 1 fully saturated rings. The number of fused-ring (bicyclic) bond motifs is 1. The summed E-state index contributed by atoms with van der Waals surface area (Å²) in [6.07, 6.45) is 7.07. The van der Waals surface area contributed by atoms with E-state index in [0.29, 0.717) is 5.56 Å². The van der Waals surface area contributed by atoms with Crippen LogP contribution < -0.4 is 0 Å². The number of carboxylic acids is 1. The Kier molecular flexibility index (Phi) is 3.74. The van der Waals surface area contributed by atoms with Gasteiger partial charge in [0.05, 0.1) is 5.56 Å². The summed E-state index contributed by atoms with van der Waals surface area (Å²) in [6.45, 7) is 3.06. The van der Waals surface area contributed by atoms with Crippen LogP contribution in [0.5, 0.6) is 0 Å². The molecule has 20 heavy (non-hydrogen) atoms. The number of carboxylic acid groups (broad SMARTS) is 1. The molecule has 4 nitrogen and oxygen atoms in total. The molecular weight excluding hydrogens is 252 g/mol. The Morgan fingerprint density at radius 1 is 1.20 bits per heavy atom. The summed E-state index contributed by atoms with van der Waals surface area (Å²) in [7, 11) is 0. The van der Waals surface area contributed by atoms with E-state index in [0.717, 1.165) is 36.1 Å². The predicted molar refractivity (Wildman–Crippen MR) is 79.0 cm³/mol. The van der Waals surface area contributed by atoms with Gasteiger partial charge < -0.3 is 10.1 Å². The summed E-state index contributed by atoms with van der Waals surface area (Å²) in [5, 5.41) is 10.2. The van der Waals surface area contributed by atoms with Crippen LogP contribution in [-0.4, -0.2) is 34.0 Å². The Hall–Kier alpha value is -1.81. The third-order valence-electron chi connectivity index (χ3n) is 4.11. The van der Waals surface area contributed by atoms with Crippen LogP contribution in [0, 0.1) is 0 Å². The average molecular weight is 272 g/mol. The molecule has 1 aliphatic rings. The van der Waals surface area contributed by atoms with E-state index < -0.39 is 5.97 Å². The summed E-state index contributed by atoms with van der Waals surface area (Å²) >= 11 is 0. The van der Waals surface area contributed by atoms with Gasteiger partial charge >= 0.3 is 5.97 Å². The maximum absolute atomic E-state index is 11.4. The number of H-pyrrole nitrogens is 1. The Morgan fingerprint density at radius 2 is 1.95 bits per heavy atom. The summed E-state index contributed by atoms with van der Waals surface area (Å²) in [5.74, 6) is -0.854. The second-order valence-electron chi connectivity index (χ2n) is 5.54.